The molecule has 0 aromatic rings. The lowest BCUT2D eigenvalue weighted by molar-refractivity contribution is 0.207. The summed E-state index contributed by atoms with van der Waals surface area (Å²) in [6, 6.07) is 0. The number of rotatable bonds is 4. The molecule has 2 aliphatic rings. The molecule has 3 unspecified atom stereocenters. The van der Waals surface area contributed by atoms with E-state index in [9.17, 15) is 0 Å². The number of hydrogen-bond acceptors (Lipinski definition) is 3. The molecule has 21 heavy (non-hydrogen) atoms. The van der Waals surface area contributed by atoms with Crippen molar-refractivity contribution in [1.82, 2.24) is 4.98 Å². The molecule has 0 amide bonds. The Kier molecular flexibility index (Phi) is 4.59. The van der Waals surface area contributed by atoms with E-state index in [1.807, 2.05) is 0 Å². The Labute approximate surface area is 130 Å². The van der Waals surface area contributed by atoms with Gasteiger partial charge in [0.2, 0.25) is 0 Å². The summed E-state index contributed by atoms with van der Waals surface area (Å²) in [6.45, 7) is 11.8. The number of fused-ring (bicyclic) bond motifs is 1. The molecule has 3 atom stereocenters. The Morgan fingerprint density at radius 3 is 2.14 bits per heavy atom. The zero-order valence-electron chi connectivity index (χ0n) is 14.6. The van der Waals surface area contributed by atoms with Gasteiger partial charge in [0.25, 0.3) is 0 Å². The van der Waals surface area contributed by atoms with Crippen LogP contribution in [0.4, 0.5) is 0 Å². The summed E-state index contributed by atoms with van der Waals surface area (Å²) in [5.74, 6) is 3.02. The molecule has 2 rings (SSSR count). The van der Waals surface area contributed by atoms with Gasteiger partial charge in [0.15, 0.2) is 11.5 Å². The number of allylic oxidation sites excluding steroid dienone is 2. The monoisotopic (exact) mass is 309 g/mol. The van der Waals surface area contributed by atoms with Gasteiger partial charge >= 0.3 is 0 Å². The highest BCUT2D eigenvalue weighted by Gasteiger charge is 2.46. The SMILES string of the molecule is COC1=CC2CCC([Si](C)(C)NC(C)(C)C)C2C=C1OC. The summed E-state index contributed by atoms with van der Waals surface area (Å²) in [5, 5.41) is 0. The molecule has 2 aliphatic carbocycles. The first-order chi connectivity index (χ1) is 9.68. The fraction of sp³-hybridized carbons (Fsp3) is 0.765. The molecule has 3 nitrogen and oxygen atoms in total. The molecule has 0 bridgehead atoms. The van der Waals surface area contributed by atoms with E-state index < -0.39 is 8.24 Å². The predicted octanol–water partition coefficient (Wildman–Crippen LogP) is 4.05. The van der Waals surface area contributed by atoms with Crippen LogP contribution in [0.1, 0.15) is 33.6 Å². The Morgan fingerprint density at radius 1 is 1.05 bits per heavy atom. The van der Waals surface area contributed by atoms with Gasteiger partial charge in [0.05, 0.1) is 14.2 Å². The maximum Gasteiger partial charge on any atom is 0.156 e. The summed E-state index contributed by atoms with van der Waals surface area (Å²) in [6.07, 6.45) is 7.17. The smallest absolute Gasteiger partial charge is 0.156 e. The van der Waals surface area contributed by atoms with E-state index in [1.165, 1.54) is 12.8 Å². The summed E-state index contributed by atoms with van der Waals surface area (Å²) in [5.41, 5.74) is 0.936. The lowest BCUT2D eigenvalue weighted by atomic mass is 9.90. The van der Waals surface area contributed by atoms with Crippen molar-refractivity contribution in [3.8, 4) is 0 Å². The summed E-state index contributed by atoms with van der Waals surface area (Å²) < 4.78 is 11.0. The molecule has 1 saturated carbocycles. The first kappa shape index (κ1) is 16.6. The van der Waals surface area contributed by atoms with Gasteiger partial charge in [-0.3, -0.25) is 0 Å². The molecule has 120 valence electrons. The highest BCUT2D eigenvalue weighted by atomic mass is 28.3. The Balaban J connectivity index is 2.23. The molecule has 0 spiro atoms. The summed E-state index contributed by atoms with van der Waals surface area (Å²) in [7, 11) is 1.95. The van der Waals surface area contributed by atoms with Gasteiger partial charge in [-0.25, -0.2) is 0 Å². The van der Waals surface area contributed by atoms with Crippen molar-refractivity contribution in [3.05, 3.63) is 23.7 Å². The molecule has 0 saturated heterocycles. The van der Waals surface area contributed by atoms with E-state index in [1.54, 1.807) is 14.2 Å². The van der Waals surface area contributed by atoms with Crippen LogP contribution in [0, 0.1) is 11.8 Å². The lowest BCUT2D eigenvalue weighted by Crippen LogP contribution is -2.57. The quantitative estimate of drug-likeness (QED) is 0.795. The second-order valence-corrected chi connectivity index (χ2v) is 12.4. The fourth-order valence-corrected chi connectivity index (χ4v) is 8.57. The standard InChI is InChI=1S/C17H31NO2Si/c1-17(2,3)18-21(6,7)16-9-8-12-10-14(19-4)15(20-5)11-13(12)16/h10-13,16,18H,8-9H2,1-7H3. The molecule has 0 heterocycles. The molecule has 0 radical (unpaired) electrons. The van der Waals surface area contributed by atoms with Crippen LogP contribution < -0.4 is 4.98 Å². The molecular weight excluding hydrogens is 278 g/mol. The minimum absolute atomic E-state index is 0.184. The molecule has 4 heteroatoms. The normalized spacial score (nSPS) is 29.6. The van der Waals surface area contributed by atoms with E-state index in [-0.39, 0.29) is 5.54 Å². The van der Waals surface area contributed by atoms with Crippen LogP contribution >= 0.6 is 0 Å². The number of hydrogen-bond donors (Lipinski definition) is 1. The predicted molar refractivity (Wildman–Crippen MR) is 90.5 cm³/mol. The third-order valence-electron chi connectivity index (χ3n) is 4.79. The van der Waals surface area contributed by atoms with Crippen LogP contribution in [-0.2, 0) is 9.47 Å². The van der Waals surface area contributed by atoms with Gasteiger partial charge in [-0.1, -0.05) is 19.5 Å². The van der Waals surface area contributed by atoms with Crippen molar-refractivity contribution in [2.24, 2.45) is 11.8 Å². The van der Waals surface area contributed by atoms with Gasteiger partial charge in [0.1, 0.15) is 8.24 Å². The van der Waals surface area contributed by atoms with Crippen LogP contribution in [0.3, 0.4) is 0 Å². The van der Waals surface area contributed by atoms with Crippen molar-refractivity contribution < 1.29 is 9.47 Å². The van der Waals surface area contributed by atoms with Gasteiger partial charge in [-0.05, 0) is 56.7 Å². The molecular formula is C17H31NO2Si. The molecule has 1 N–H and O–H groups in total. The van der Waals surface area contributed by atoms with Crippen molar-refractivity contribution in [2.75, 3.05) is 14.2 Å². The Morgan fingerprint density at radius 2 is 1.62 bits per heavy atom. The molecule has 1 fully saturated rings. The van der Waals surface area contributed by atoms with Crippen molar-refractivity contribution in [1.29, 1.82) is 0 Å². The van der Waals surface area contributed by atoms with Gasteiger partial charge in [-0.15, -0.1) is 0 Å². The van der Waals surface area contributed by atoms with Crippen LogP contribution in [0.2, 0.25) is 18.6 Å². The topological polar surface area (TPSA) is 30.5 Å². The van der Waals surface area contributed by atoms with E-state index in [0.29, 0.717) is 11.8 Å². The van der Waals surface area contributed by atoms with Gasteiger partial charge in [0, 0.05) is 5.54 Å². The van der Waals surface area contributed by atoms with E-state index in [2.05, 4.69) is 51.0 Å². The fourth-order valence-electron chi connectivity index (χ4n) is 4.26. The number of nitrogens with one attached hydrogen (secondary N) is 1. The van der Waals surface area contributed by atoms with Gasteiger partial charge in [-0.2, -0.15) is 0 Å². The van der Waals surface area contributed by atoms with Crippen LogP contribution in [0.25, 0.3) is 0 Å². The average molecular weight is 310 g/mol. The van der Waals surface area contributed by atoms with E-state index in [4.69, 9.17) is 9.47 Å². The molecule has 0 aliphatic heterocycles. The Bertz CT molecular complexity index is 448. The van der Waals surface area contributed by atoms with Crippen LogP contribution in [0.5, 0.6) is 0 Å². The average Bonchev–Trinajstić information content (AvgIpc) is 2.77. The summed E-state index contributed by atoms with van der Waals surface area (Å²) >= 11 is 0. The first-order valence-corrected chi connectivity index (χ1v) is 11.1. The second-order valence-electron chi connectivity index (χ2n) is 7.99. The minimum atomic E-state index is -1.51. The largest absolute Gasteiger partial charge is 0.493 e. The second kappa shape index (κ2) is 5.80. The number of ether oxygens (including phenoxy) is 2. The van der Waals surface area contributed by atoms with Crippen molar-refractivity contribution >= 4 is 8.24 Å². The third kappa shape index (κ3) is 3.54. The minimum Gasteiger partial charge on any atom is -0.493 e. The third-order valence-corrected chi connectivity index (χ3v) is 8.71. The lowest BCUT2D eigenvalue weighted by Gasteiger charge is -2.40. The highest BCUT2D eigenvalue weighted by Crippen LogP contribution is 2.50. The maximum atomic E-state index is 5.53. The van der Waals surface area contributed by atoms with Gasteiger partial charge < -0.3 is 14.5 Å². The molecule has 0 aromatic carbocycles. The summed E-state index contributed by atoms with van der Waals surface area (Å²) in [4.78, 5) is 3.95. The van der Waals surface area contributed by atoms with Crippen LogP contribution in [0.15, 0.2) is 23.7 Å². The highest BCUT2D eigenvalue weighted by molar-refractivity contribution is 6.76. The Hall–Kier alpha value is -0.743. The first-order valence-electron chi connectivity index (χ1n) is 7.99. The number of methoxy groups -OCH3 is 2. The van der Waals surface area contributed by atoms with Crippen LogP contribution in [-0.4, -0.2) is 28.0 Å². The van der Waals surface area contributed by atoms with Crippen molar-refractivity contribution in [3.63, 3.8) is 0 Å². The zero-order valence-corrected chi connectivity index (χ0v) is 15.6. The molecule has 0 aromatic heterocycles. The van der Waals surface area contributed by atoms with Crippen molar-refractivity contribution in [2.45, 2.75) is 57.8 Å². The zero-order chi connectivity index (χ0) is 15.8. The van der Waals surface area contributed by atoms with E-state index >= 15 is 0 Å². The maximum absolute atomic E-state index is 5.53. The van der Waals surface area contributed by atoms with E-state index in [0.717, 1.165) is 17.1 Å².